The van der Waals surface area contributed by atoms with Gasteiger partial charge in [-0.05, 0) is 52.4 Å². The van der Waals surface area contributed by atoms with E-state index < -0.39 is 23.5 Å². The van der Waals surface area contributed by atoms with E-state index in [1.807, 2.05) is 4.54 Å². The number of hydrogen-bond acceptors (Lipinski definition) is 1. The highest BCUT2D eigenvalue weighted by Crippen LogP contribution is 2.45. The van der Waals surface area contributed by atoms with Gasteiger partial charge in [-0.2, -0.15) is 0 Å². The maximum atomic E-state index is 5.92. The van der Waals surface area contributed by atoms with Crippen LogP contribution in [-0.4, -0.2) is 20.7 Å². The lowest BCUT2D eigenvalue weighted by Gasteiger charge is -2.34. The zero-order chi connectivity index (χ0) is 27.2. The minimum atomic E-state index is -1.58. The fraction of sp³-hybridized carbons (Fsp3) is 0.581. The molecule has 0 N–H and O–H groups in total. The summed E-state index contributed by atoms with van der Waals surface area (Å²) in [5.41, 5.74) is 5.56. The van der Waals surface area contributed by atoms with Crippen LogP contribution < -0.4 is 5.30 Å². The highest BCUT2D eigenvalue weighted by Gasteiger charge is 2.34. The van der Waals surface area contributed by atoms with Crippen molar-refractivity contribution >= 4 is 39.0 Å². The van der Waals surface area contributed by atoms with Gasteiger partial charge in [0.2, 0.25) is 0 Å². The van der Waals surface area contributed by atoms with Crippen LogP contribution in [0.2, 0.25) is 39.3 Å². The van der Waals surface area contributed by atoms with Crippen molar-refractivity contribution in [1.82, 2.24) is 0 Å². The summed E-state index contributed by atoms with van der Waals surface area (Å²) < 4.78 is 7.73. The largest absolute Gasteiger partial charge is 0.233 e. The molecule has 0 fully saturated rings. The Morgan fingerprint density at radius 3 is 1.34 bits per heavy atom. The van der Waals surface area contributed by atoms with E-state index in [9.17, 15) is 0 Å². The molecule has 0 saturated heterocycles. The van der Waals surface area contributed by atoms with Crippen LogP contribution >= 0.6 is 7.34 Å². The summed E-state index contributed by atoms with van der Waals surface area (Å²) in [4.78, 5) is 0. The lowest BCUT2D eigenvalue weighted by Crippen LogP contribution is -2.49. The number of rotatable bonds is 4. The molecule has 1 unspecified atom stereocenters. The molecule has 0 aliphatic heterocycles. The van der Waals surface area contributed by atoms with Gasteiger partial charge in [0.1, 0.15) is 0 Å². The molecule has 1 atom stereocenters. The second kappa shape index (κ2) is 9.95. The van der Waals surface area contributed by atoms with E-state index in [4.69, 9.17) is 4.74 Å². The van der Waals surface area contributed by atoms with Crippen molar-refractivity contribution in [3.8, 4) is 0 Å². The molecular formula is C31H52NPSi2. The van der Waals surface area contributed by atoms with E-state index in [0.717, 1.165) is 0 Å². The summed E-state index contributed by atoms with van der Waals surface area (Å²) >= 11 is 0. The summed E-state index contributed by atoms with van der Waals surface area (Å²) in [7, 11) is -3.92. The molecule has 0 aliphatic carbocycles. The summed E-state index contributed by atoms with van der Waals surface area (Å²) in [6, 6.07) is 16.1. The monoisotopic (exact) mass is 525 g/mol. The molecule has 0 aliphatic rings. The normalized spacial score (nSPS) is 14.3. The standard InChI is InChI=1S/C31H52NPSi2/c1-29(2,3)23-21-25(30(4,5)6)27(26(22-23)31(7,8)9)32-33(24-19-17-16-18-20-24)28(34(10,11)12)35(13,14)15/h16-22H,1-15H3. The molecule has 0 spiro atoms. The molecule has 1 nitrogen and oxygen atoms in total. The van der Waals surface area contributed by atoms with Crippen LogP contribution in [0.15, 0.2) is 47.2 Å². The molecule has 35 heavy (non-hydrogen) atoms. The molecule has 0 aromatic heterocycles. The Bertz CT molecular complexity index is 1080. The Labute approximate surface area is 220 Å². The summed E-state index contributed by atoms with van der Waals surface area (Å²) in [5.74, 6) is 0. The molecular weight excluding hydrogens is 473 g/mol. The second-order valence-corrected chi connectivity index (χ2v) is 28.4. The minimum Gasteiger partial charge on any atom is -0.233 e. The fourth-order valence-electron chi connectivity index (χ4n) is 4.99. The molecule has 0 bridgehead atoms. The van der Waals surface area contributed by atoms with Gasteiger partial charge in [-0.25, -0.2) is 4.74 Å². The summed E-state index contributed by atoms with van der Waals surface area (Å²) in [6.07, 6.45) is 0. The van der Waals surface area contributed by atoms with Crippen LogP contribution in [0.25, 0.3) is 0 Å². The van der Waals surface area contributed by atoms with E-state index in [1.165, 1.54) is 27.7 Å². The van der Waals surface area contributed by atoms with Crippen molar-refractivity contribution in [3.05, 3.63) is 59.2 Å². The van der Waals surface area contributed by atoms with Gasteiger partial charge in [-0.3, -0.25) is 0 Å². The van der Waals surface area contributed by atoms with Gasteiger partial charge in [0.05, 0.1) is 21.8 Å². The van der Waals surface area contributed by atoms with Crippen LogP contribution in [0, 0.1) is 0 Å². The molecule has 0 radical (unpaired) electrons. The average Bonchev–Trinajstić information content (AvgIpc) is 2.63. The van der Waals surface area contributed by atoms with Gasteiger partial charge < -0.3 is 0 Å². The van der Waals surface area contributed by atoms with E-state index in [0.29, 0.717) is 0 Å². The maximum Gasteiger partial charge on any atom is 0.0750 e. The first-order chi connectivity index (χ1) is 15.5. The zero-order valence-corrected chi connectivity index (χ0v) is 28.3. The first kappa shape index (κ1) is 30.1. The molecule has 194 valence electrons. The molecule has 0 amide bonds. The molecule has 4 heteroatoms. The van der Waals surface area contributed by atoms with Gasteiger partial charge in [0.25, 0.3) is 0 Å². The van der Waals surface area contributed by atoms with Gasteiger partial charge in [0.15, 0.2) is 0 Å². The molecule has 2 rings (SSSR count). The molecule has 0 heterocycles. The van der Waals surface area contributed by atoms with Gasteiger partial charge in [-0.1, -0.05) is 136 Å². The summed E-state index contributed by atoms with van der Waals surface area (Å²) in [6.45, 7) is 36.3. The van der Waals surface area contributed by atoms with Gasteiger partial charge >= 0.3 is 0 Å². The Hall–Kier alpha value is -1.16. The van der Waals surface area contributed by atoms with Crippen molar-refractivity contribution in [2.24, 2.45) is 4.74 Å². The Balaban J connectivity index is 3.29. The Morgan fingerprint density at radius 2 is 1.03 bits per heavy atom. The van der Waals surface area contributed by atoms with E-state index in [-0.39, 0.29) is 16.2 Å². The SMILES string of the molecule is CC(C)(C)c1cc(C(C)(C)C)c(N=P(=C([Si](C)(C)C)[Si](C)(C)C)c2ccccc2)c(C(C)(C)C)c1. The fourth-order valence-corrected chi connectivity index (χ4v) is 21.5. The van der Waals surface area contributed by atoms with Crippen molar-refractivity contribution in [3.63, 3.8) is 0 Å². The highest BCUT2D eigenvalue weighted by molar-refractivity contribution is 7.72. The van der Waals surface area contributed by atoms with Crippen LogP contribution in [-0.2, 0) is 16.2 Å². The smallest absolute Gasteiger partial charge is 0.0750 e. The van der Waals surface area contributed by atoms with Gasteiger partial charge in [0, 0.05) is 5.30 Å². The zero-order valence-electron chi connectivity index (χ0n) is 25.4. The summed E-state index contributed by atoms with van der Waals surface area (Å²) in [5, 5.41) is 1.40. The third-order valence-corrected chi connectivity index (χ3v) is 20.7. The van der Waals surface area contributed by atoms with Crippen LogP contribution in [0.1, 0.15) is 79.0 Å². The van der Waals surface area contributed by atoms with E-state index in [1.54, 1.807) is 0 Å². The Morgan fingerprint density at radius 1 is 0.629 bits per heavy atom. The third-order valence-electron chi connectivity index (χ3n) is 6.43. The van der Waals surface area contributed by atoms with Crippen molar-refractivity contribution in [2.75, 3.05) is 0 Å². The lowest BCUT2D eigenvalue weighted by atomic mass is 9.74. The van der Waals surface area contributed by atoms with E-state index >= 15 is 0 Å². The first-order valence-electron chi connectivity index (χ1n) is 13.2. The number of benzene rings is 2. The quantitative estimate of drug-likeness (QED) is 0.278. The van der Waals surface area contributed by atoms with Crippen LogP contribution in [0.3, 0.4) is 0 Å². The van der Waals surface area contributed by atoms with E-state index in [2.05, 4.69) is 144 Å². The van der Waals surface area contributed by atoms with Crippen LogP contribution in [0.5, 0.6) is 0 Å². The molecule has 2 aromatic carbocycles. The second-order valence-electron chi connectivity index (χ2n) is 15.3. The predicted octanol–water partition coefficient (Wildman–Crippen LogP) is 10.1. The third kappa shape index (κ3) is 7.43. The van der Waals surface area contributed by atoms with Gasteiger partial charge in [-0.15, -0.1) is 0 Å². The highest BCUT2D eigenvalue weighted by atomic mass is 31.1. The Kier molecular flexibility index (Phi) is 8.55. The predicted molar refractivity (Wildman–Crippen MR) is 169 cm³/mol. The maximum absolute atomic E-state index is 5.92. The lowest BCUT2D eigenvalue weighted by molar-refractivity contribution is 0.550. The number of hydrogen-bond donors (Lipinski definition) is 0. The minimum absolute atomic E-state index is 0.0102. The first-order valence-corrected chi connectivity index (χ1v) is 21.5. The number of nitrogens with zero attached hydrogens (tertiary/aromatic N) is 1. The average molecular weight is 526 g/mol. The molecule has 0 saturated carbocycles. The van der Waals surface area contributed by atoms with Crippen molar-refractivity contribution in [1.29, 1.82) is 0 Å². The van der Waals surface area contributed by atoms with Crippen molar-refractivity contribution in [2.45, 2.75) is 118 Å². The van der Waals surface area contributed by atoms with Crippen molar-refractivity contribution < 1.29 is 0 Å². The molecule has 2 aromatic rings. The topological polar surface area (TPSA) is 12.4 Å². The van der Waals surface area contributed by atoms with Crippen LogP contribution in [0.4, 0.5) is 5.69 Å².